The molecular formula is C25H21NO3. The van der Waals surface area contributed by atoms with E-state index in [2.05, 4.69) is 0 Å². The van der Waals surface area contributed by atoms with Gasteiger partial charge in [-0.2, -0.15) is 0 Å². The van der Waals surface area contributed by atoms with Gasteiger partial charge in [-0.1, -0.05) is 72.8 Å². The van der Waals surface area contributed by atoms with Gasteiger partial charge in [0.15, 0.2) is 0 Å². The van der Waals surface area contributed by atoms with E-state index in [-0.39, 0.29) is 11.3 Å². The number of hydrogen-bond acceptors (Lipinski definition) is 3. The maximum absolute atomic E-state index is 13.1. The molecule has 29 heavy (non-hydrogen) atoms. The average molecular weight is 383 g/mol. The summed E-state index contributed by atoms with van der Waals surface area (Å²) in [5, 5.41) is 11.0. The van der Waals surface area contributed by atoms with Gasteiger partial charge >= 0.3 is 0 Å². The number of ketones is 1. The fourth-order valence-corrected chi connectivity index (χ4v) is 3.76. The van der Waals surface area contributed by atoms with Gasteiger partial charge in [-0.3, -0.25) is 14.5 Å². The van der Waals surface area contributed by atoms with Crippen molar-refractivity contribution in [1.29, 1.82) is 0 Å². The van der Waals surface area contributed by atoms with E-state index in [1.165, 1.54) is 4.90 Å². The van der Waals surface area contributed by atoms with Crippen LogP contribution in [0.4, 0.5) is 5.69 Å². The third kappa shape index (κ3) is 3.23. The maximum atomic E-state index is 13.1. The van der Waals surface area contributed by atoms with Crippen LogP contribution in [0.25, 0.3) is 5.76 Å². The molecule has 0 bridgehead atoms. The first kappa shape index (κ1) is 18.7. The highest BCUT2D eigenvalue weighted by Crippen LogP contribution is 2.43. The summed E-state index contributed by atoms with van der Waals surface area (Å²) in [6.07, 6.45) is 0. The lowest BCUT2D eigenvalue weighted by Crippen LogP contribution is -2.30. The minimum atomic E-state index is -0.697. The number of aliphatic hydroxyl groups is 1. The number of anilines is 1. The van der Waals surface area contributed by atoms with Crippen LogP contribution in [0, 0.1) is 13.8 Å². The zero-order chi connectivity index (χ0) is 20.5. The molecular weight excluding hydrogens is 362 g/mol. The van der Waals surface area contributed by atoms with Crippen molar-refractivity contribution >= 4 is 23.1 Å². The molecule has 1 aliphatic heterocycles. The van der Waals surface area contributed by atoms with Crippen molar-refractivity contribution in [2.75, 3.05) is 4.90 Å². The lowest BCUT2D eigenvalue weighted by molar-refractivity contribution is -0.132. The molecule has 1 fully saturated rings. The summed E-state index contributed by atoms with van der Waals surface area (Å²) in [4.78, 5) is 27.7. The molecule has 3 aromatic carbocycles. The number of rotatable bonds is 3. The second-order valence-corrected chi connectivity index (χ2v) is 7.24. The van der Waals surface area contributed by atoms with Crippen molar-refractivity contribution in [3.8, 4) is 0 Å². The van der Waals surface area contributed by atoms with Crippen LogP contribution in [0.15, 0.2) is 84.4 Å². The summed E-state index contributed by atoms with van der Waals surface area (Å²) >= 11 is 0. The van der Waals surface area contributed by atoms with Crippen molar-refractivity contribution in [3.05, 3.63) is 107 Å². The molecule has 0 aromatic heterocycles. The Morgan fingerprint density at radius 3 is 2.14 bits per heavy atom. The third-order valence-electron chi connectivity index (χ3n) is 5.23. The summed E-state index contributed by atoms with van der Waals surface area (Å²) in [5.74, 6) is -1.48. The number of nitrogens with zero attached hydrogens (tertiary/aromatic N) is 1. The molecule has 1 N–H and O–H groups in total. The first-order chi connectivity index (χ1) is 14.0. The van der Waals surface area contributed by atoms with E-state index in [9.17, 15) is 14.7 Å². The van der Waals surface area contributed by atoms with Gasteiger partial charge in [0.25, 0.3) is 11.7 Å². The standard InChI is InChI=1S/C25H21NO3/c1-16-13-14-17(2)20(15-16)26-22(18-9-5-3-6-10-18)21(24(28)25(26)29)23(27)19-11-7-4-8-12-19/h3-15,22,27H,1-2H3/b23-21+. The van der Waals surface area contributed by atoms with Crippen molar-refractivity contribution < 1.29 is 14.7 Å². The first-order valence-electron chi connectivity index (χ1n) is 9.47. The highest BCUT2D eigenvalue weighted by Gasteiger charge is 2.47. The summed E-state index contributed by atoms with van der Waals surface area (Å²) in [6.45, 7) is 3.86. The second kappa shape index (κ2) is 7.40. The van der Waals surface area contributed by atoms with Crippen molar-refractivity contribution in [3.63, 3.8) is 0 Å². The van der Waals surface area contributed by atoms with Crippen LogP contribution in [-0.4, -0.2) is 16.8 Å². The van der Waals surface area contributed by atoms with Crippen LogP contribution in [0.5, 0.6) is 0 Å². The minimum absolute atomic E-state index is 0.105. The Morgan fingerprint density at radius 1 is 0.862 bits per heavy atom. The molecule has 4 heteroatoms. The van der Waals surface area contributed by atoms with Crippen molar-refractivity contribution in [2.45, 2.75) is 19.9 Å². The molecule has 0 aliphatic carbocycles. The van der Waals surface area contributed by atoms with Gasteiger partial charge in [0.1, 0.15) is 5.76 Å². The Bertz CT molecular complexity index is 1120. The summed E-state index contributed by atoms with van der Waals surface area (Å²) in [7, 11) is 0. The number of benzene rings is 3. The van der Waals surface area contributed by atoms with Crippen LogP contribution in [0.2, 0.25) is 0 Å². The zero-order valence-corrected chi connectivity index (χ0v) is 16.3. The molecule has 1 heterocycles. The number of aryl methyl sites for hydroxylation is 2. The molecule has 0 radical (unpaired) electrons. The van der Waals surface area contributed by atoms with E-state index in [1.807, 2.05) is 68.4 Å². The molecule has 4 nitrogen and oxygen atoms in total. The summed E-state index contributed by atoms with van der Waals surface area (Å²) in [6, 6.07) is 23.3. The average Bonchev–Trinajstić information content (AvgIpc) is 3.01. The van der Waals surface area contributed by atoms with Gasteiger partial charge in [-0.15, -0.1) is 0 Å². The molecule has 144 valence electrons. The first-order valence-corrected chi connectivity index (χ1v) is 9.47. The number of amides is 1. The summed E-state index contributed by atoms with van der Waals surface area (Å²) < 4.78 is 0. The quantitative estimate of drug-likeness (QED) is 0.396. The topological polar surface area (TPSA) is 57.6 Å². The SMILES string of the molecule is Cc1ccc(C)c(N2C(=O)C(=O)/C(=C(/O)c3ccccc3)C2c2ccccc2)c1. The van der Waals surface area contributed by atoms with Crippen LogP contribution in [-0.2, 0) is 9.59 Å². The number of aliphatic hydroxyl groups excluding tert-OH is 1. The predicted octanol–water partition coefficient (Wildman–Crippen LogP) is 4.93. The molecule has 1 atom stereocenters. The molecule has 4 rings (SSSR count). The van der Waals surface area contributed by atoms with E-state index < -0.39 is 17.7 Å². The smallest absolute Gasteiger partial charge is 0.300 e. The van der Waals surface area contributed by atoms with Crippen LogP contribution in [0.3, 0.4) is 0 Å². The van der Waals surface area contributed by atoms with E-state index in [4.69, 9.17) is 0 Å². The maximum Gasteiger partial charge on any atom is 0.300 e. The van der Waals surface area contributed by atoms with Gasteiger partial charge in [-0.25, -0.2) is 0 Å². The number of Topliss-reactive ketones (excluding diaryl/α,β-unsaturated/α-hetero) is 1. The largest absolute Gasteiger partial charge is 0.507 e. The fourth-order valence-electron chi connectivity index (χ4n) is 3.76. The highest BCUT2D eigenvalue weighted by molar-refractivity contribution is 6.51. The number of carbonyl (C=O) groups is 2. The van der Waals surface area contributed by atoms with Crippen molar-refractivity contribution in [2.24, 2.45) is 0 Å². The van der Waals surface area contributed by atoms with Gasteiger partial charge < -0.3 is 5.11 Å². The third-order valence-corrected chi connectivity index (χ3v) is 5.23. The normalized spacial score (nSPS) is 18.3. The highest BCUT2D eigenvalue weighted by atomic mass is 16.3. The molecule has 1 aliphatic rings. The van der Waals surface area contributed by atoms with Crippen LogP contribution in [0.1, 0.15) is 28.3 Å². The lowest BCUT2D eigenvalue weighted by atomic mass is 9.95. The van der Waals surface area contributed by atoms with E-state index in [0.29, 0.717) is 11.3 Å². The van der Waals surface area contributed by atoms with Crippen LogP contribution >= 0.6 is 0 Å². The zero-order valence-electron chi connectivity index (χ0n) is 16.3. The van der Waals surface area contributed by atoms with E-state index in [0.717, 1.165) is 16.7 Å². The molecule has 1 unspecified atom stereocenters. The van der Waals surface area contributed by atoms with Gasteiger partial charge in [-0.05, 0) is 36.6 Å². The Morgan fingerprint density at radius 2 is 1.48 bits per heavy atom. The Hall–Kier alpha value is -3.66. The Labute approximate surface area is 169 Å². The monoisotopic (exact) mass is 383 g/mol. The molecule has 1 amide bonds. The second-order valence-electron chi connectivity index (χ2n) is 7.24. The lowest BCUT2D eigenvalue weighted by Gasteiger charge is -2.27. The van der Waals surface area contributed by atoms with Crippen LogP contribution < -0.4 is 4.90 Å². The Kier molecular flexibility index (Phi) is 4.77. The van der Waals surface area contributed by atoms with Gasteiger partial charge in [0, 0.05) is 11.3 Å². The predicted molar refractivity (Wildman–Crippen MR) is 114 cm³/mol. The minimum Gasteiger partial charge on any atom is -0.507 e. The fraction of sp³-hybridized carbons (Fsp3) is 0.120. The van der Waals surface area contributed by atoms with Gasteiger partial charge in [0.05, 0.1) is 11.6 Å². The number of hydrogen-bond donors (Lipinski definition) is 1. The van der Waals surface area contributed by atoms with Gasteiger partial charge in [0.2, 0.25) is 0 Å². The van der Waals surface area contributed by atoms with E-state index >= 15 is 0 Å². The molecule has 0 spiro atoms. The molecule has 0 saturated carbocycles. The summed E-state index contributed by atoms with van der Waals surface area (Å²) in [5.41, 5.74) is 3.93. The molecule has 3 aromatic rings. The molecule has 1 saturated heterocycles. The van der Waals surface area contributed by atoms with Crippen molar-refractivity contribution in [1.82, 2.24) is 0 Å². The van der Waals surface area contributed by atoms with E-state index in [1.54, 1.807) is 24.3 Å². The number of carbonyl (C=O) groups excluding carboxylic acids is 2. The Balaban J connectivity index is 1.98.